The van der Waals surface area contributed by atoms with E-state index < -0.39 is 34.6 Å². The minimum atomic E-state index is -1.22. The van der Waals surface area contributed by atoms with E-state index in [9.17, 15) is 19.5 Å². The molecule has 0 aliphatic carbocycles. The van der Waals surface area contributed by atoms with Crippen LogP contribution in [0.25, 0.3) is 0 Å². The molecule has 0 aromatic heterocycles. The predicted molar refractivity (Wildman–Crippen MR) is 141 cm³/mol. The monoisotopic (exact) mass is 515 g/mol. The molecule has 5 atom stereocenters. The van der Waals surface area contributed by atoms with E-state index in [0.29, 0.717) is 38.9 Å². The first-order valence-electron chi connectivity index (χ1n) is 13.8. The van der Waals surface area contributed by atoms with E-state index in [1.165, 1.54) is 0 Å². The number of amides is 3. The summed E-state index contributed by atoms with van der Waals surface area (Å²) >= 11 is 0. The van der Waals surface area contributed by atoms with Gasteiger partial charge >= 0.3 is 0 Å². The second-order valence-corrected chi connectivity index (χ2v) is 13.1. The van der Waals surface area contributed by atoms with Gasteiger partial charge in [0.1, 0.15) is 11.6 Å². The van der Waals surface area contributed by atoms with E-state index in [-0.39, 0.29) is 29.7 Å². The Labute approximate surface area is 221 Å². The highest BCUT2D eigenvalue weighted by Gasteiger charge is 2.75. The number of carbonyl (C=O) groups is 3. The van der Waals surface area contributed by atoms with Gasteiger partial charge in [0.15, 0.2) is 0 Å². The van der Waals surface area contributed by atoms with Crippen molar-refractivity contribution in [3.63, 3.8) is 0 Å². The summed E-state index contributed by atoms with van der Waals surface area (Å²) in [4.78, 5) is 47.7. The highest BCUT2D eigenvalue weighted by atomic mass is 16.5. The minimum absolute atomic E-state index is 0.00253. The van der Waals surface area contributed by atoms with Gasteiger partial charge in [-0.25, -0.2) is 0 Å². The number of unbranched alkanes of at least 4 members (excludes halogenated alkanes) is 1. The average Bonchev–Trinajstić information content (AvgIpc) is 3.08. The number of aliphatic hydroxyl groups is 1. The van der Waals surface area contributed by atoms with E-state index in [4.69, 9.17) is 4.74 Å². The fourth-order valence-corrected chi connectivity index (χ4v) is 7.45. The Kier molecular flexibility index (Phi) is 7.17. The number of hydrogen-bond donors (Lipinski definition) is 1. The zero-order valence-electron chi connectivity index (χ0n) is 23.6. The lowest BCUT2D eigenvalue weighted by molar-refractivity contribution is -0.157. The molecule has 4 heterocycles. The molecule has 0 aromatic rings. The van der Waals surface area contributed by atoms with Crippen molar-refractivity contribution in [2.24, 2.45) is 17.3 Å². The van der Waals surface area contributed by atoms with Crippen LogP contribution < -0.4 is 0 Å². The molecule has 4 aliphatic heterocycles. The Morgan fingerprint density at radius 3 is 2.27 bits per heavy atom. The normalized spacial score (nSPS) is 34.0. The predicted octanol–water partition coefficient (Wildman–Crippen LogP) is 2.76. The average molecular weight is 516 g/mol. The van der Waals surface area contributed by atoms with Gasteiger partial charge in [-0.3, -0.25) is 14.4 Å². The number of carbonyl (C=O) groups excluding carboxylic acids is 3. The molecule has 4 rings (SSSR count). The number of likely N-dealkylation sites (tertiary alicyclic amines) is 1. The van der Waals surface area contributed by atoms with Crippen LogP contribution in [-0.2, 0) is 19.1 Å². The van der Waals surface area contributed by atoms with Crippen LogP contribution in [0.4, 0.5) is 0 Å². The Morgan fingerprint density at radius 2 is 1.65 bits per heavy atom. The summed E-state index contributed by atoms with van der Waals surface area (Å²) in [5, 5.41) is 9.40. The maximum absolute atomic E-state index is 14.5. The third-order valence-corrected chi connectivity index (χ3v) is 8.64. The molecular weight excluding hydrogens is 470 g/mol. The van der Waals surface area contributed by atoms with Gasteiger partial charge in [0.2, 0.25) is 17.7 Å². The second-order valence-electron chi connectivity index (χ2n) is 13.1. The number of rotatable bonds is 7. The van der Waals surface area contributed by atoms with Crippen molar-refractivity contribution in [2.45, 2.75) is 90.0 Å². The SMILES string of the molecule is CC[C@@]12C=CCN(C)C(=O)[C@@H]1[C@H]1C(=O)N(CCCCO)C3C(=O)N(C(C)(C)CC(C)(C)C)CC=C[C@@]31O2. The molecule has 4 aliphatic rings. The van der Waals surface area contributed by atoms with Gasteiger partial charge < -0.3 is 24.5 Å². The van der Waals surface area contributed by atoms with Crippen LogP contribution in [0.3, 0.4) is 0 Å². The first kappa shape index (κ1) is 27.8. The second kappa shape index (κ2) is 9.53. The number of likely N-dealkylation sites (N-methyl/N-ethyl adjacent to an activating group) is 1. The third-order valence-electron chi connectivity index (χ3n) is 8.64. The van der Waals surface area contributed by atoms with E-state index >= 15 is 0 Å². The topological polar surface area (TPSA) is 90.4 Å². The number of nitrogens with zero attached hydrogens (tertiary/aromatic N) is 3. The van der Waals surface area contributed by atoms with Gasteiger partial charge in [0, 0.05) is 38.8 Å². The highest BCUT2D eigenvalue weighted by molar-refractivity contribution is 6.00. The number of ether oxygens (including phenoxy) is 1. The Balaban J connectivity index is 1.85. The molecule has 1 unspecified atom stereocenters. The van der Waals surface area contributed by atoms with Crippen molar-refractivity contribution in [3.05, 3.63) is 24.3 Å². The van der Waals surface area contributed by atoms with Crippen molar-refractivity contribution in [1.29, 1.82) is 0 Å². The molecule has 1 spiro atoms. The van der Waals surface area contributed by atoms with Crippen LogP contribution in [0.2, 0.25) is 0 Å². The molecule has 0 bridgehead atoms. The van der Waals surface area contributed by atoms with Crippen molar-refractivity contribution in [2.75, 3.05) is 33.3 Å². The zero-order chi connectivity index (χ0) is 27.4. The summed E-state index contributed by atoms with van der Waals surface area (Å²) < 4.78 is 6.96. The molecule has 0 saturated carbocycles. The summed E-state index contributed by atoms with van der Waals surface area (Å²) in [6.07, 6.45) is 10.2. The molecule has 37 heavy (non-hydrogen) atoms. The maximum Gasteiger partial charge on any atom is 0.249 e. The summed E-state index contributed by atoms with van der Waals surface area (Å²) in [7, 11) is 1.75. The van der Waals surface area contributed by atoms with E-state index in [2.05, 4.69) is 34.6 Å². The molecule has 3 amide bonds. The van der Waals surface area contributed by atoms with E-state index in [1.54, 1.807) is 16.8 Å². The molecular formula is C29H45N3O5. The van der Waals surface area contributed by atoms with E-state index in [0.717, 1.165) is 6.42 Å². The highest BCUT2D eigenvalue weighted by Crippen LogP contribution is 2.58. The van der Waals surface area contributed by atoms with Gasteiger partial charge in [-0.15, -0.1) is 0 Å². The molecule has 8 nitrogen and oxygen atoms in total. The fourth-order valence-electron chi connectivity index (χ4n) is 7.45. The lowest BCUT2D eigenvalue weighted by Gasteiger charge is -2.45. The summed E-state index contributed by atoms with van der Waals surface area (Å²) in [6, 6.07) is -0.858. The van der Waals surface area contributed by atoms with Crippen LogP contribution in [0.15, 0.2) is 24.3 Å². The molecule has 206 valence electrons. The van der Waals surface area contributed by atoms with Crippen LogP contribution in [0.1, 0.15) is 67.2 Å². The van der Waals surface area contributed by atoms with Gasteiger partial charge in [-0.2, -0.15) is 0 Å². The molecule has 0 aromatic carbocycles. The number of fused-ring (bicyclic) bond motifs is 2. The first-order valence-corrected chi connectivity index (χ1v) is 13.8. The maximum atomic E-state index is 14.5. The van der Waals surface area contributed by atoms with Gasteiger partial charge in [0.05, 0.1) is 17.4 Å². The molecule has 2 saturated heterocycles. The fraction of sp³-hybridized carbons (Fsp3) is 0.759. The Hall–Kier alpha value is -2.19. The van der Waals surface area contributed by atoms with E-state index in [1.807, 2.05) is 36.1 Å². The van der Waals surface area contributed by atoms with Crippen molar-refractivity contribution < 1.29 is 24.2 Å². The minimum Gasteiger partial charge on any atom is -0.396 e. The van der Waals surface area contributed by atoms with Crippen LogP contribution in [0.5, 0.6) is 0 Å². The Morgan fingerprint density at radius 1 is 0.973 bits per heavy atom. The summed E-state index contributed by atoms with van der Waals surface area (Å²) in [5.41, 5.74) is -2.63. The number of hydrogen-bond acceptors (Lipinski definition) is 5. The largest absolute Gasteiger partial charge is 0.396 e. The summed E-state index contributed by atoms with van der Waals surface area (Å²) in [5.74, 6) is -1.94. The van der Waals surface area contributed by atoms with Crippen LogP contribution in [0, 0.1) is 17.3 Å². The lowest BCUT2D eigenvalue weighted by atomic mass is 9.73. The Bertz CT molecular complexity index is 998. The van der Waals surface area contributed by atoms with Crippen molar-refractivity contribution in [3.8, 4) is 0 Å². The molecule has 1 N–H and O–H groups in total. The number of aliphatic hydroxyl groups excluding tert-OH is 1. The molecule has 8 heteroatoms. The van der Waals surface area contributed by atoms with Gasteiger partial charge in [0.25, 0.3) is 0 Å². The zero-order valence-corrected chi connectivity index (χ0v) is 23.6. The quantitative estimate of drug-likeness (QED) is 0.416. The van der Waals surface area contributed by atoms with Crippen molar-refractivity contribution in [1.82, 2.24) is 14.7 Å². The van der Waals surface area contributed by atoms with Gasteiger partial charge in [-0.1, -0.05) is 52.0 Å². The van der Waals surface area contributed by atoms with Crippen LogP contribution >= 0.6 is 0 Å². The first-order chi connectivity index (χ1) is 17.2. The molecule has 2 fully saturated rings. The smallest absolute Gasteiger partial charge is 0.249 e. The lowest BCUT2D eigenvalue weighted by Crippen LogP contribution is -2.60. The third kappa shape index (κ3) is 4.44. The van der Waals surface area contributed by atoms with Crippen molar-refractivity contribution >= 4 is 17.7 Å². The standard InChI is InChI=1S/C29H45N3O5/c1-8-28-13-11-15-30(7)23(34)20(28)21-24(35)31(16-9-10-18-33)22-25(36)32(17-12-14-29(21,22)37-28)27(5,6)19-26(2,3)4/h11-14,20-22,33H,8-10,15-19H2,1-7H3/t20-,21-,22?,28+,29-/m0/s1. The van der Waals surface area contributed by atoms with Gasteiger partial charge in [-0.05, 0) is 44.9 Å². The molecule has 0 radical (unpaired) electrons. The summed E-state index contributed by atoms with van der Waals surface area (Å²) in [6.45, 7) is 13.9. The van der Waals surface area contributed by atoms with Crippen LogP contribution in [-0.4, -0.2) is 93.6 Å².